The zero-order valence-corrected chi connectivity index (χ0v) is 10.9. The van der Waals surface area contributed by atoms with Gasteiger partial charge in [-0.3, -0.25) is 9.48 Å². The number of fused-ring (bicyclic) bond motifs is 1. The van der Waals surface area contributed by atoms with Crippen molar-refractivity contribution in [3.05, 3.63) is 46.7 Å². The Morgan fingerprint density at radius 1 is 1.35 bits per heavy atom. The minimum atomic E-state index is -0.874. The van der Waals surface area contributed by atoms with E-state index in [1.54, 1.807) is 11.7 Å². The highest BCUT2D eigenvalue weighted by Gasteiger charge is 2.23. The van der Waals surface area contributed by atoms with E-state index < -0.39 is 17.5 Å². The molecule has 20 heavy (non-hydrogen) atoms. The van der Waals surface area contributed by atoms with Crippen LogP contribution >= 0.6 is 0 Å². The standard InChI is InChI=1S/C14H13F2N3O/c1-19-13(10-3-2-4-12(10)18-19)17-14(20)9-6-5-8(15)7-11(9)16/h5-7H,2-4H2,1H3,(H,17,20). The van der Waals surface area contributed by atoms with Crippen LogP contribution in [0.1, 0.15) is 28.0 Å². The quantitative estimate of drug-likeness (QED) is 0.916. The smallest absolute Gasteiger partial charge is 0.259 e. The number of halogens is 2. The number of anilines is 1. The summed E-state index contributed by atoms with van der Waals surface area (Å²) in [5.74, 6) is -1.59. The molecule has 0 radical (unpaired) electrons. The lowest BCUT2D eigenvalue weighted by Gasteiger charge is -2.08. The van der Waals surface area contributed by atoms with Crippen LogP contribution in [0.3, 0.4) is 0 Å². The van der Waals surface area contributed by atoms with Crippen molar-refractivity contribution >= 4 is 11.7 Å². The molecule has 6 heteroatoms. The first-order chi connectivity index (χ1) is 9.56. The van der Waals surface area contributed by atoms with Gasteiger partial charge in [0.15, 0.2) is 0 Å². The van der Waals surface area contributed by atoms with Crippen LogP contribution in [0.25, 0.3) is 0 Å². The summed E-state index contributed by atoms with van der Waals surface area (Å²) in [6.45, 7) is 0. The van der Waals surface area contributed by atoms with Crippen LogP contribution in [0.5, 0.6) is 0 Å². The zero-order chi connectivity index (χ0) is 14.3. The summed E-state index contributed by atoms with van der Waals surface area (Å²) < 4.78 is 28.0. The van der Waals surface area contributed by atoms with E-state index in [9.17, 15) is 13.6 Å². The number of rotatable bonds is 2. The Balaban J connectivity index is 1.90. The topological polar surface area (TPSA) is 46.9 Å². The Hall–Kier alpha value is -2.24. The van der Waals surface area contributed by atoms with E-state index in [0.717, 1.165) is 42.7 Å². The predicted octanol–water partition coefficient (Wildman–Crippen LogP) is 2.44. The number of nitrogens with zero attached hydrogens (tertiary/aromatic N) is 2. The van der Waals surface area contributed by atoms with Gasteiger partial charge in [-0.25, -0.2) is 8.78 Å². The minimum Gasteiger partial charge on any atom is -0.306 e. The highest BCUT2D eigenvalue weighted by atomic mass is 19.1. The largest absolute Gasteiger partial charge is 0.306 e. The fourth-order valence-corrected chi connectivity index (χ4v) is 2.52. The van der Waals surface area contributed by atoms with Gasteiger partial charge in [0.1, 0.15) is 17.5 Å². The lowest BCUT2D eigenvalue weighted by atomic mass is 10.2. The summed E-state index contributed by atoms with van der Waals surface area (Å²) in [4.78, 5) is 12.1. The van der Waals surface area contributed by atoms with Crippen molar-refractivity contribution in [2.24, 2.45) is 7.05 Å². The molecule has 0 spiro atoms. The molecule has 2 aromatic rings. The molecule has 0 saturated carbocycles. The van der Waals surface area contributed by atoms with E-state index in [2.05, 4.69) is 10.4 Å². The summed E-state index contributed by atoms with van der Waals surface area (Å²) >= 11 is 0. The van der Waals surface area contributed by atoms with E-state index in [4.69, 9.17) is 0 Å². The number of carbonyl (C=O) groups excluding carboxylic acids is 1. The van der Waals surface area contributed by atoms with Crippen molar-refractivity contribution in [3.63, 3.8) is 0 Å². The molecule has 0 unspecified atom stereocenters. The lowest BCUT2D eigenvalue weighted by Crippen LogP contribution is -2.17. The van der Waals surface area contributed by atoms with Crippen LogP contribution < -0.4 is 5.32 Å². The molecule has 0 fully saturated rings. The normalized spacial score (nSPS) is 13.3. The van der Waals surface area contributed by atoms with Gasteiger partial charge in [0.25, 0.3) is 5.91 Å². The van der Waals surface area contributed by atoms with Gasteiger partial charge in [-0.2, -0.15) is 5.10 Å². The Morgan fingerprint density at radius 3 is 2.90 bits per heavy atom. The zero-order valence-electron chi connectivity index (χ0n) is 10.9. The maximum Gasteiger partial charge on any atom is 0.259 e. The van der Waals surface area contributed by atoms with Gasteiger partial charge in [0.2, 0.25) is 0 Å². The lowest BCUT2D eigenvalue weighted by molar-refractivity contribution is 0.102. The molecule has 0 saturated heterocycles. The number of aromatic nitrogens is 2. The van der Waals surface area contributed by atoms with E-state index in [-0.39, 0.29) is 5.56 Å². The molecule has 1 N–H and O–H groups in total. The van der Waals surface area contributed by atoms with Crippen molar-refractivity contribution in [1.29, 1.82) is 0 Å². The van der Waals surface area contributed by atoms with Gasteiger partial charge in [-0.1, -0.05) is 0 Å². The average molecular weight is 277 g/mol. The minimum absolute atomic E-state index is 0.181. The van der Waals surface area contributed by atoms with Crippen LogP contribution in [0.2, 0.25) is 0 Å². The fraction of sp³-hybridized carbons (Fsp3) is 0.286. The molecule has 1 amide bonds. The van der Waals surface area contributed by atoms with Gasteiger partial charge >= 0.3 is 0 Å². The molecule has 104 valence electrons. The van der Waals surface area contributed by atoms with E-state index in [1.165, 1.54) is 0 Å². The highest BCUT2D eigenvalue weighted by molar-refractivity contribution is 6.04. The number of nitrogens with one attached hydrogen (secondary N) is 1. The third kappa shape index (κ3) is 2.07. The number of hydrogen-bond donors (Lipinski definition) is 1. The van der Waals surface area contributed by atoms with Crippen LogP contribution in [-0.4, -0.2) is 15.7 Å². The van der Waals surface area contributed by atoms with Gasteiger partial charge < -0.3 is 5.32 Å². The molecular formula is C14H13F2N3O. The second-order valence-electron chi connectivity index (χ2n) is 4.83. The molecule has 1 aliphatic rings. The highest BCUT2D eigenvalue weighted by Crippen LogP contribution is 2.28. The van der Waals surface area contributed by atoms with Crippen LogP contribution in [0, 0.1) is 11.6 Å². The van der Waals surface area contributed by atoms with Crippen LogP contribution in [0.15, 0.2) is 18.2 Å². The van der Waals surface area contributed by atoms with Crippen molar-refractivity contribution < 1.29 is 13.6 Å². The Bertz CT molecular complexity index is 694. The molecule has 1 heterocycles. The molecule has 1 aromatic heterocycles. The molecule has 1 aromatic carbocycles. The number of aryl methyl sites for hydroxylation is 2. The number of amides is 1. The Morgan fingerprint density at radius 2 is 2.15 bits per heavy atom. The Labute approximate surface area is 114 Å². The summed E-state index contributed by atoms with van der Waals surface area (Å²) in [5.41, 5.74) is 1.80. The van der Waals surface area contributed by atoms with E-state index in [1.807, 2.05) is 0 Å². The summed E-state index contributed by atoms with van der Waals surface area (Å²) in [6, 6.07) is 2.89. The van der Waals surface area contributed by atoms with E-state index >= 15 is 0 Å². The Kier molecular flexibility index (Phi) is 3.00. The maximum atomic E-state index is 13.6. The van der Waals surface area contributed by atoms with Crippen molar-refractivity contribution in [1.82, 2.24) is 9.78 Å². The van der Waals surface area contributed by atoms with Crippen molar-refractivity contribution in [2.45, 2.75) is 19.3 Å². The number of carbonyl (C=O) groups is 1. The summed E-state index contributed by atoms with van der Waals surface area (Å²) in [7, 11) is 1.73. The third-order valence-electron chi connectivity index (χ3n) is 3.48. The predicted molar refractivity (Wildman–Crippen MR) is 69.5 cm³/mol. The average Bonchev–Trinajstić information content (AvgIpc) is 2.92. The third-order valence-corrected chi connectivity index (χ3v) is 3.48. The SMILES string of the molecule is Cn1nc2c(c1NC(=O)c1ccc(F)cc1F)CCC2. The second-order valence-corrected chi connectivity index (χ2v) is 4.83. The number of benzene rings is 1. The van der Waals surface area contributed by atoms with Crippen molar-refractivity contribution in [2.75, 3.05) is 5.32 Å². The molecule has 4 nitrogen and oxygen atoms in total. The van der Waals surface area contributed by atoms with Crippen LogP contribution in [-0.2, 0) is 19.9 Å². The maximum absolute atomic E-state index is 13.6. The van der Waals surface area contributed by atoms with Gasteiger partial charge in [-0.15, -0.1) is 0 Å². The first-order valence-electron chi connectivity index (χ1n) is 6.37. The molecule has 0 aliphatic heterocycles. The second kappa shape index (κ2) is 4.70. The van der Waals surface area contributed by atoms with Gasteiger partial charge in [0.05, 0.1) is 11.3 Å². The summed E-state index contributed by atoms with van der Waals surface area (Å²) in [5, 5.41) is 6.99. The van der Waals surface area contributed by atoms with E-state index in [0.29, 0.717) is 11.9 Å². The van der Waals surface area contributed by atoms with Crippen molar-refractivity contribution in [3.8, 4) is 0 Å². The molecular weight excluding hydrogens is 264 g/mol. The van der Waals surface area contributed by atoms with Gasteiger partial charge in [0, 0.05) is 18.7 Å². The fourth-order valence-electron chi connectivity index (χ4n) is 2.52. The van der Waals surface area contributed by atoms with Gasteiger partial charge in [-0.05, 0) is 31.4 Å². The van der Waals surface area contributed by atoms with Crippen LogP contribution in [0.4, 0.5) is 14.6 Å². The first-order valence-corrected chi connectivity index (χ1v) is 6.37. The molecule has 3 rings (SSSR count). The molecule has 0 bridgehead atoms. The summed E-state index contributed by atoms with van der Waals surface area (Å²) in [6.07, 6.45) is 2.75. The monoisotopic (exact) mass is 277 g/mol. The molecule has 0 atom stereocenters. The molecule has 1 aliphatic carbocycles. The number of hydrogen-bond acceptors (Lipinski definition) is 2. The first kappa shape index (κ1) is 12.8.